The van der Waals surface area contributed by atoms with Crippen molar-refractivity contribution in [3.05, 3.63) is 35.9 Å². The van der Waals surface area contributed by atoms with Crippen molar-refractivity contribution < 1.29 is 24.3 Å². The van der Waals surface area contributed by atoms with E-state index in [1.54, 1.807) is 24.3 Å². The number of amides is 1. The lowest BCUT2D eigenvalue weighted by Crippen LogP contribution is -2.25. The maximum atomic E-state index is 11.5. The van der Waals surface area contributed by atoms with Crippen LogP contribution in [0.4, 0.5) is 0 Å². The van der Waals surface area contributed by atoms with E-state index in [1.807, 2.05) is 6.07 Å². The minimum absolute atomic E-state index is 0.0453. The van der Waals surface area contributed by atoms with Gasteiger partial charge in [0.25, 0.3) is 5.91 Å². The molecule has 1 aromatic carbocycles. The molecule has 1 amide bonds. The van der Waals surface area contributed by atoms with Gasteiger partial charge in [-0.15, -0.1) is 0 Å². The van der Waals surface area contributed by atoms with Crippen molar-refractivity contribution in [2.24, 2.45) is 0 Å². The smallest absolute Gasteiger partial charge is 0.305 e. The van der Waals surface area contributed by atoms with E-state index in [-0.39, 0.29) is 32.1 Å². The van der Waals surface area contributed by atoms with Gasteiger partial charge in [-0.1, -0.05) is 18.2 Å². The number of hydrogen-bond acceptors (Lipinski definition) is 4. The minimum Gasteiger partial charge on any atom is -0.481 e. The van der Waals surface area contributed by atoms with Gasteiger partial charge >= 0.3 is 5.97 Å². The standard InChI is InChI=1S/C12H15NO5/c14-11(15)6-7-17-8-9-18-13-12(16)10-4-2-1-3-5-10/h1-5H,6-9H2,(H,13,16)(H,14,15). The van der Waals surface area contributed by atoms with Crippen molar-refractivity contribution in [2.45, 2.75) is 6.42 Å². The monoisotopic (exact) mass is 253 g/mol. The Morgan fingerprint density at radius 3 is 2.50 bits per heavy atom. The number of carbonyl (C=O) groups excluding carboxylic acids is 1. The summed E-state index contributed by atoms with van der Waals surface area (Å²) in [5.74, 6) is -1.24. The summed E-state index contributed by atoms with van der Waals surface area (Å²) in [5, 5.41) is 8.35. The van der Waals surface area contributed by atoms with Gasteiger partial charge in [-0.25, -0.2) is 5.48 Å². The molecule has 2 N–H and O–H groups in total. The Morgan fingerprint density at radius 1 is 1.11 bits per heavy atom. The fraction of sp³-hybridized carbons (Fsp3) is 0.333. The summed E-state index contributed by atoms with van der Waals surface area (Å²) in [5.41, 5.74) is 2.77. The van der Waals surface area contributed by atoms with Gasteiger partial charge in [0.1, 0.15) is 0 Å². The number of carboxylic acids is 1. The molecule has 0 aliphatic rings. The van der Waals surface area contributed by atoms with Crippen LogP contribution in [0.2, 0.25) is 0 Å². The van der Waals surface area contributed by atoms with Gasteiger partial charge in [0.2, 0.25) is 0 Å². The third kappa shape index (κ3) is 5.97. The highest BCUT2D eigenvalue weighted by Crippen LogP contribution is 1.97. The first kappa shape index (κ1) is 14.1. The first-order valence-corrected chi connectivity index (χ1v) is 5.47. The van der Waals surface area contributed by atoms with Crippen LogP contribution in [0.5, 0.6) is 0 Å². The zero-order chi connectivity index (χ0) is 13.2. The first-order chi connectivity index (χ1) is 8.70. The lowest BCUT2D eigenvalue weighted by atomic mass is 10.2. The minimum atomic E-state index is -0.909. The summed E-state index contributed by atoms with van der Waals surface area (Å²) in [6, 6.07) is 8.66. The van der Waals surface area contributed by atoms with Crippen LogP contribution in [-0.2, 0) is 14.4 Å². The molecule has 0 atom stereocenters. The Morgan fingerprint density at radius 2 is 1.83 bits per heavy atom. The number of hydroxylamine groups is 1. The van der Waals surface area contributed by atoms with Crippen molar-refractivity contribution >= 4 is 11.9 Å². The van der Waals surface area contributed by atoms with Crippen LogP contribution in [0.1, 0.15) is 16.8 Å². The van der Waals surface area contributed by atoms with Crippen molar-refractivity contribution in [3.63, 3.8) is 0 Å². The molecule has 0 heterocycles. The molecular weight excluding hydrogens is 238 g/mol. The third-order valence-corrected chi connectivity index (χ3v) is 1.99. The molecule has 0 unspecified atom stereocenters. The molecule has 6 heteroatoms. The Balaban J connectivity index is 2.05. The van der Waals surface area contributed by atoms with Gasteiger partial charge in [0.15, 0.2) is 0 Å². The van der Waals surface area contributed by atoms with Crippen LogP contribution in [0.25, 0.3) is 0 Å². The van der Waals surface area contributed by atoms with Gasteiger partial charge in [0.05, 0.1) is 26.2 Å². The number of carbonyl (C=O) groups is 2. The zero-order valence-corrected chi connectivity index (χ0v) is 9.80. The van der Waals surface area contributed by atoms with E-state index in [1.165, 1.54) is 0 Å². The molecule has 18 heavy (non-hydrogen) atoms. The van der Waals surface area contributed by atoms with Crippen molar-refractivity contribution in [2.75, 3.05) is 19.8 Å². The van der Waals surface area contributed by atoms with Gasteiger partial charge in [0, 0.05) is 5.56 Å². The first-order valence-electron chi connectivity index (χ1n) is 5.47. The summed E-state index contributed by atoms with van der Waals surface area (Å²) >= 11 is 0. The van der Waals surface area contributed by atoms with Gasteiger partial charge in [-0.05, 0) is 12.1 Å². The van der Waals surface area contributed by atoms with Crippen molar-refractivity contribution in [3.8, 4) is 0 Å². The summed E-state index contributed by atoms with van der Waals surface area (Å²) in [6.45, 7) is 0.520. The highest BCUT2D eigenvalue weighted by Gasteiger charge is 2.03. The van der Waals surface area contributed by atoms with E-state index >= 15 is 0 Å². The van der Waals surface area contributed by atoms with Crippen LogP contribution in [0.15, 0.2) is 30.3 Å². The number of rotatable bonds is 8. The van der Waals surface area contributed by atoms with Crippen LogP contribution >= 0.6 is 0 Å². The number of aliphatic carboxylic acids is 1. The summed E-state index contributed by atoms with van der Waals surface area (Å²) in [6.07, 6.45) is -0.0453. The number of hydrogen-bond donors (Lipinski definition) is 2. The maximum absolute atomic E-state index is 11.5. The van der Waals surface area contributed by atoms with Gasteiger partial charge in [-0.2, -0.15) is 0 Å². The zero-order valence-electron chi connectivity index (χ0n) is 9.80. The highest BCUT2D eigenvalue weighted by atomic mass is 16.7. The van der Waals surface area contributed by atoms with E-state index < -0.39 is 5.97 Å². The maximum Gasteiger partial charge on any atom is 0.305 e. The predicted octanol–water partition coefficient (Wildman–Crippen LogP) is 0.839. The topological polar surface area (TPSA) is 84.9 Å². The lowest BCUT2D eigenvalue weighted by molar-refractivity contribution is -0.138. The number of ether oxygens (including phenoxy) is 1. The van der Waals surface area contributed by atoms with E-state index in [4.69, 9.17) is 14.7 Å². The molecule has 0 saturated heterocycles. The van der Waals surface area contributed by atoms with Crippen LogP contribution in [-0.4, -0.2) is 36.8 Å². The third-order valence-electron chi connectivity index (χ3n) is 1.99. The van der Waals surface area contributed by atoms with Gasteiger partial charge < -0.3 is 9.84 Å². The van der Waals surface area contributed by atoms with Crippen LogP contribution in [0, 0.1) is 0 Å². The van der Waals surface area contributed by atoms with E-state index in [0.29, 0.717) is 5.56 Å². The normalized spacial score (nSPS) is 10.0. The molecule has 98 valence electrons. The number of nitrogens with one attached hydrogen (secondary N) is 1. The molecular formula is C12H15NO5. The molecule has 0 fully saturated rings. The molecule has 6 nitrogen and oxygen atoms in total. The highest BCUT2D eigenvalue weighted by molar-refractivity contribution is 5.93. The molecule has 0 spiro atoms. The second-order valence-electron chi connectivity index (χ2n) is 3.40. The average Bonchev–Trinajstić information content (AvgIpc) is 2.38. The van der Waals surface area contributed by atoms with E-state index in [9.17, 15) is 9.59 Å². The van der Waals surface area contributed by atoms with E-state index in [2.05, 4.69) is 5.48 Å². The number of benzene rings is 1. The molecule has 0 aliphatic carbocycles. The van der Waals surface area contributed by atoms with Crippen LogP contribution in [0.3, 0.4) is 0 Å². The SMILES string of the molecule is O=C(O)CCOCCONC(=O)c1ccccc1. The Labute approximate surface area is 104 Å². The van der Waals surface area contributed by atoms with Crippen LogP contribution < -0.4 is 5.48 Å². The number of carboxylic acid groups (broad SMARTS) is 1. The predicted molar refractivity (Wildman–Crippen MR) is 62.9 cm³/mol. The Hall–Kier alpha value is -1.92. The fourth-order valence-electron chi connectivity index (χ4n) is 1.13. The fourth-order valence-corrected chi connectivity index (χ4v) is 1.13. The quantitative estimate of drug-likeness (QED) is 0.529. The van der Waals surface area contributed by atoms with Gasteiger partial charge in [-0.3, -0.25) is 14.4 Å². The van der Waals surface area contributed by atoms with Crippen molar-refractivity contribution in [1.82, 2.24) is 5.48 Å². The molecule has 0 radical (unpaired) electrons. The average molecular weight is 253 g/mol. The molecule has 0 bridgehead atoms. The molecule has 0 aliphatic heterocycles. The summed E-state index contributed by atoms with van der Waals surface area (Å²) in [7, 11) is 0. The second kappa shape index (κ2) is 8.21. The Bertz CT molecular complexity index is 379. The molecule has 1 aromatic rings. The van der Waals surface area contributed by atoms with Crippen molar-refractivity contribution in [1.29, 1.82) is 0 Å². The lowest BCUT2D eigenvalue weighted by Gasteiger charge is -2.06. The molecule has 0 saturated carbocycles. The van der Waals surface area contributed by atoms with E-state index in [0.717, 1.165) is 0 Å². The molecule has 0 aromatic heterocycles. The summed E-state index contributed by atoms with van der Waals surface area (Å²) in [4.78, 5) is 26.5. The largest absolute Gasteiger partial charge is 0.481 e. The Kier molecular flexibility index (Phi) is 6.45. The molecule has 1 rings (SSSR count). The second-order valence-corrected chi connectivity index (χ2v) is 3.40. The summed E-state index contributed by atoms with van der Waals surface area (Å²) < 4.78 is 4.97.